The van der Waals surface area contributed by atoms with Crippen LogP contribution in [0.25, 0.3) is 0 Å². The molecule has 3 aromatic carbocycles. The summed E-state index contributed by atoms with van der Waals surface area (Å²) in [4.78, 5) is 28.3. The first-order chi connectivity index (χ1) is 20.6. The van der Waals surface area contributed by atoms with Crippen molar-refractivity contribution in [2.45, 2.75) is 37.8 Å². The van der Waals surface area contributed by atoms with E-state index >= 15 is 0 Å². The van der Waals surface area contributed by atoms with E-state index in [1.807, 2.05) is 6.92 Å². The van der Waals surface area contributed by atoms with Crippen molar-refractivity contribution in [1.29, 1.82) is 0 Å². The summed E-state index contributed by atoms with van der Waals surface area (Å²) in [7, 11) is 1.59. The molecule has 0 saturated carbocycles. The van der Waals surface area contributed by atoms with Gasteiger partial charge in [0.25, 0.3) is 10.0 Å². The molecule has 3 aromatic rings. The number of sulfonamides is 1. The Balaban J connectivity index is 2.09. The van der Waals surface area contributed by atoms with Crippen molar-refractivity contribution in [2.75, 3.05) is 45.8 Å². The molecule has 232 valence electrons. The molecule has 3 rings (SSSR count). The van der Waals surface area contributed by atoms with Gasteiger partial charge in [0.15, 0.2) is 11.5 Å². The molecule has 0 heterocycles. The largest absolute Gasteiger partial charge is 0.497 e. The molecule has 0 aliphatic rings. The monoisotopic (exact) mass is 613 g/mol. The molecular formula is C31H39N3O8S. The molecule has 0 bridgehead atoms. The Kier molecular flexibility index (Phi) is 11.6. The number of carbonyl (C=O) groups excluding carboxylic acids is 2. The summed E-state index contributed by atoms with van der Waals surface area (Å²) in [5, 5.41) is 2.61. The molecule has 1 N–H and O–H groups in total. The van der Waals surface area contributed by atoms with Crippen molar-refractivity contribution in [2.24, 2.45) is 0 Å². The Morgan fingerprint density at radius 1 is 0.837 bits per heavy atom. The molecule has 0 aliphatic carbocycles. The fourth-order valence-corrected chi connectivity index (χ4v) is 5.95. The number of methoxy groups -OCH3 is 3. The summed E-state index contributed by atoms with van der Waals surface area (Å²) in [5.74, 6) is 0.833. The van der Waals surface area contributed by atoms with E-state index in [0.29, 0.717) is 30.3 Å². The highest BCUT2D eigenvalue weighted by molar-refractivity contribution is 7.92. The summed E-state index contributed by atoms with van der Waals surface area (Å²) >= 11 is 0. The minimum atomic E-state index is -4.31. The molecule has 1 atom stereocenters. The van der Waals surface area contributed by atoms with Crippen LogP contribution in [-0.2, 0) is 26.2 Å². The highest BCUT2D eigenvalue weighted by Crippen LogP contribution is 2.33. The van der Waals surface area contributed by atoms with E-state index in [-0.39, 0.29) is 28.8 Å². The van der Waals surface area contributed by atoms with Crippen molar-refractivity contribution in [3.8, 4) is 23.0 Å². The Morgan fingerprint density at radius 2 is 1.47 bits per heavy atom. The number of likely N-dealkylation sites (N-methyl/N-ethyl adjacent to an activating group) is 1. The van der Waals surface area contributed by atoms with E-state index in [4.69, 9.17) is 18.9 Å². The predicted octanol–water partition coefficient (Wildman–Crippen LogP) is 3.86. The number of carbonyl (C=O) groups is 2. The number of benzene rings is 3. The quantitative estimate of drug-likeness (QED) is 0.274. The van der Waals surface area contributed by atoms with Crippen LogP contribution in [0.15, 0.2) is 71.6 Å². The lowest BCUT2D eigenvalue weighted by atomic mass is 10.1. The van der Waals surface area contributed by atoms with Gasteiger partial charge in [0.1, 0.15) is 24.1 Å². The van der Waals surface area contributed by atoms with Gasteiger partial charge in [0.2, 0.25) is 11.8 Å². The second kappa shape index (κ2) is 15.1. The number of hydrogen-bond donors (Lipinski definition) is 1. The summed E-state index contributed by atoms with van der Waals surface area (Å²) in [6.07, 6.45) is 0.313. The average molecular weight is 614 g/mol. The maximum absolute atomic E-state index is 14.2. The van der Waals surface area contributed by atoms with Gasteiger partial charge in [-0.05, 0) is 67.4 Å². The Labute approximate surface area is 253 Å². The van der Waals surface area contributed by atoms with Gasteiger partial charge in [0.05, 0.1) is 38.5 Å². The topological polar surface area (TPSA) is 124 Å². The number of nitrogens with zero attached hydrogens (tertiary/aromatic N) is 2. The normalized spacial score (nSPS) is 11.7. The number of rotatable bonds is 15. The lowest BCUT2D eigenvalue weighted by molar-refractivity contribution is -0.140. The van der Waals surface area contributed by atoms with Crippen LogP contribution in [0.3, 0.4) is 0 Å². The Morgan fingerprint density at radius 3 is 2.00 bits per heavy atom. The predicted molar refractivity (Wildman–Crippen MR) is 163 cm³/mol. The van der Waals surface area contributed by atoms with Gasteiger partial charge in [-0.2, -0.15) is 0 Å². The van der Waals surface area contributed by atoms with E-state index in [0.717, 1.165) is 9.87 Å². The molecule has 0 unspecified atom stereocenters. The molecule has 2 amide bonds. The number of anilines is 1. The van der Waals surface area contributed by atoms with Crippen LogP contribution >= 0.6 is 0 Å². The van der Waals surface area contributed by atoms with Crippen LogP contribution in [0.5, 0.6) is 23.0 Å². The summed E-state index contributed by atoms with van der Waals surface area (Å²) in [6.45, 7) is 3.56. The van der Waals surface area contributed by atoms with Gasteiger partial charge in [-0.3, -0.25) is 13.9 Å². The number of ether oxygens (including phenoxy) is 4. The van der Waals surface area contributed by atoms with Gasteiger partial charge >= 0.3 is 0 Å². The van der Waals surface area contributed by atoms with Crippen LogP contribution < -0.4 is 28.6 Å². The van der Waals surface area contributed by atoms with Gasteiger partial charge < -0.3 is 29.2 Å². The molecule has 0 aliphatic heterocycles. The third-order valence-corrected chi connectivity index (χ3v) is 8.57. The average Bonchev–Trinajstić information content (AvgIpc) is 3.03. The highest BCUT2D eigenvalue weighted by atomic mass is 32.2. The van der Waals surface area contributed by atoms with E-state index < -0.39 is 28.5 Å². The highest BCUT2D eigenvalue weighted by Gasteiger charge is 2.34. The van der Waals surface area contributed by atoms with Crippen molar-refractivity contribution >= 4 is 27.5 Å². The first kappa shape index (κ1) is 33.1. The molecule has 0 spiro atoms. The van der Waals surface area contributed by atoms with Crippen LogP contribution in [0.1, 0.15) is 25.8 Å². The first-order valence-electron chi connectivity index (χ1n) is 13.7. The van der Waals surface area contributed by atoms with E-state index in [1.54, 1.807) is 62.6 Å². The smallest absolute Gasteiger partial charge is 0.264 e. The SMILES string of the molecule is CCOc1ccc(N(CC(=O)N(Cc2ccc(OC)cc2)[C@@H](CC)C(=O)NC)S(=O)(=O)c2ccc(OC)c(OC)c2)cc1. The fraction of sp³-hybridized carbons (Fsp3) is 0.355. The van der Waals surface area contributed by atoms with Crippen LogP contribution in [0.2, 0.25) is 0 Å². The summed E-state index contributed by atoms with van der Waals surface area (Å²) in [6, 6.07) is 16.9. The molecule has 11 nitrogen and oxygen atoms in total. The van der Waals surface area contributed by atoms with Crippen LogP contribution in [0, 0.1) is 0 Å². The molecule has 0 radical (unpaired) electrons. The Hall–Kier alpha value is -4.45. The van der Waals surface area contributed by atoms with Gasteiger partial charge in [-0.1, -0.05) is 19.1 Å². The number of amides is 2. The van der Waals surface area contributed by atoms with Crippen molar-refractivity contribution in [1.82, 2.24) is 10.2 Å². The molecular weight excluding hydrogens is 574 g/mol. The number of nitrogens with one attached hydrogen (secondary N) is 1. The fourth-order valence-electron chi connectivity index (χ4n) is 4.52. The first-order valence-corrected chi connectivity index (χ1v) is 15.2. The standard InChI is InChI=1S/C31H39N3O8S/c1-7-27(31(36)32-3)33(20-22-9-13-24(39-4)14-10-22)30(35)21-34(23-11-15-25(16-12-23)42-8-2)43(37,38)26-17-18-28(40-5)29(19-26)41-6/h9-19,27H,7-8,20-21H2,1-6H3,(H,32,36)/t27-/m0/s1. The zero-order valence-corrected chi connectivity index (χ0v) is 26.1. The Bertz CT molecular complexity index is 1480. The molecule has 0 saturated heterocycles. The van der Waals surface area contributed by atoms with Crippen molar-refractivity contribution in [3.63, 3.8) is 0 Å². The maximum atomic E-state index is 14.2. The van der Waals surface area contributed by atoms with E-state index in [2.05, 4.69) is 5.32 Å². The maximum Gasteiger partial charge on any atom is 0.264 e. The van der Waals surface area contributed by atoms with Crippen molar-refractivity contribution < 1.29 is 37.0 Å². The van der Waals surface area contributed by atoms with E-state index in [1.165, 1.54) is 44.4 Å². The second-order valence-corrected chi connectivity index (χ2v) is 11.2. The molecule has 0 fully saturated rings. The van der Waals surface area contributed by atoms with Gasteiger partial charge in [0, 0.05) is 19.7 Å². The zero-order valence-electron chi connectivity index (χ0n) is 25.3. The van der Waals surface area contributed by atoms with Crippen LogP contribution in [-0.4, -0.2) is 72.7 Å². The lowest BCUT2D eigenvalue weighted by Crippen LogP contribution is -2.51. The zero-order chi connectivity index (χ0) is 31.6. The second-order valence-electron chi connectivity index (χ2n) is 9.36. The minimum Gasteiger partial charge on any atom is -0.497 e. The molecule has 43 heavy (non-hydrogen) atoms. The third kappa shape index (κ3) is 7.89. The summed E-state index contributed by atoms with van der Waals surface area (Å²) in [5.41, 5.74) is 0.982. The van der Waals surface area contributed by atoms with Crippen LogP contribution in [0.4, 0.5) is 5.69 Å². The van der Waals surface area contributed by atoms with Gasteiger partial charge in [-0.15, -0.1) is 0 Å². The van der Waals surface area contributed by atoms with Crippen molar-refractivity contribution in [3.05, 3.63) is 72.3 Å². The molecule has 0 aromatic heterocycles. The molecule has 12 heteroatoms. The van der Waals surface area contributed by atoms with E-state index in [9.17, 15) is 18.0 Å². The number of hydrogen-bond acceptors (Lipinski definition) is 8. The summed E-state index contributed by atoms with van der Waals surface area (Å²) < 4.78 is 50.7. The third-order valence-electron chi connectivity index (χ3n) is 6.80. The minimum absolute atomic E-state index is 0.0717. The van der Waals surface area contributed by atoms with Gasteiger partial charge in [-0.25, -0.2) is 8.42 Å². The lowest BCUT2D eigenvalue weighted by Gasteiger charge is -2.33.